The van der Waals surface area contributed by atoms with E-state index in [1.165, 1.54) is 0 Å². The quantitative estimate of drug-likeness (QED) is 0.715. The molecule has 1 aromatic carbocycles. The fraction of sp³-hybridized carbons (Fsp3) is 0.400. The van der Waals surface area contributed by atoms with Crippen LogP contribution < -0.4 is 5.73 Å². The molecule has 0 unspecified atom stereocenters. The maximum Gasteiger partial charge on any atom is 0.126 e. The summed E-state index contributed by atoms with van der Waals surface area (Å²) in [5.41, 5.74) is 8.08. The van der Waals surface area contributed by atoms with E-state index in [0.29, 0.717) is 13.0 Å². The summed E-state index contributed by atoms with van der Waals surface area (Å²) >= 11 is 0. The van der Waals surface area contributed by atoms with Gasteiger partial charge in [0, 0.05) is 0 Å². The number of halogens is 1. The van der Waals surface area contributed by atoms with Crippen molar-refractivity contribution in [1.82, 2.24) is 0 Å². The van der Waals surface area contributed by atoms with Crippen LogP contribution in [0.1, 0.15) is 16.7 Å². The first-order valence-corrected chi connectivity index (χ1v) is 4.11. The summed E-state index contributed by atoms with van der Waals surface area (Å²) in [5, 5.41) is 0. The highest BCUT2D eigenvalue weighted by atomic mass is 19.1. The number of hydrogen-bond donors (Lipinski definition) is 1. The molecule has 0 heterocycles. The van der Waals surface area contributed by atoms with E-state index in [1.54, 1.807) is 6.07 Å². The Morgan fingerprint density at radius 3 is 2.50 bits per heavy atom. The zero-order chi connectivity index (χ0) is 9.14. The van der Waals surface area contributed by atoms with Crippen LogP contribution in [0.3, 0.4) is 0 Å². The van der Waals surface area contributed by atoms with E-state index < -0.39 is 0 Å². The average Bonchev–Trinajstić information content (AvgIpc) is 1.96. The molecule has 2 heteroatoms. The Balaban J connectivity index is 3.10. The average molecular weight is 167 g/mol. The Kier molecular flexibility index (Phi) is 2.82. The minimum absolute atomic E-state index is 0.127. The van der Waals surface area contributed by atoms with Crippen LogP contribution in [0, 0.1) is 19.7 Å². The van der Waals surface area contributed by atoms with E-state index in [9.17, 15) is 4.39 Å². The Hall–Kier alpha value is -0.890. The Bertz CT molecular complexity index is 258. The maximum atomic E-state index is 13.2. The summed E-state index contributed by atoms with van der Waals surface area (Å²) in [6.07, 6.45) is 0.623. The van der Waals surface area contributed by atoms with Crippen molar-refractivity contribution < 1.29 is 4.39 Å². The van der Waals surface area contributed by atoms with Gasteiger partial charge in [-0.15, -0.1) is 0 Å². The first-order valence-electron chi connectivity index (χ1n) is 4.11. The largest absolute Gasteiger partial charge is 0.330 e. The number of rotatable bonds is 2. The number of benzene rings is 1. The van der Waals surface area contributed by atoms with Crippen LogP contribution >= 0.6 is 0 Å². The normalized spacial score (nSPS) is 10.3. The highest BCUT2D eigenvalue weighted by Gasteiger charge is 2.04. The van der Waals surface area contributed by atoms with E-state index in [2.05, 4.69) is 0 Å². The standard InChI is InChI=1S/C10H14FN/c1-7-5-8(2)9(3-4-12)10(11)6-7/h5-6H,3-4,12H2,1-2H3. The van der Waals surface area contributed by atoms with Crippen LogP contribution in [0.4, 0.5) is 4.39 Å². The van der Waals surface area contributed by atoms with E-state index in [4.69, 9.17) is 5.73 Å². The van der Waals surface area contributed by atoms with Gasteiger partial charge in [-0.05, 0) is 49.6 Å². The van der Waals surface area contributed by atoms with Crippen molar-refractivity contribution >= 4 is 0 Å². The fourth-order valence-corrected chi connectivity index (χ4v) is 1.41. The molecule has 1 aromatic rings. The molecule has 0 amide bonds. The van der Waals surface area contributed by atoms with Gasteiger partial charge in [0.2, 0.25) is 0 Å². The lowest BCUT2D eigenvalue weighted by atomic mass is 10.0. The minimum Gasteiger partial charge on any atom is -0.330 e. The first kappa shape index (κ1) is 9.20. The van der Waals surface area contributed by atoms with Crippen molar-refractivity contribution in [2.24, 2.45) is 5.73 Å². The molecule has 0 radical (unpaired) electrons. The van der Waals surface area contributed by atoms with Crippen LogP contribution in [0.25, 0.3) is 0 Å². The Labute approximate surface area is 72.4 Å². The lowest BCUT2D eigenvalue weighted by Crippen LogP contribution is -2.06. The van der Waals surface area contributed by atoms with Gasteiger partial charge < -0.3 is 5.73 Å². The van der Waals surface area contributed by atoms with E-state index in [1.807, 2.05) is 19.9 Å². The molecule has 0 atom stereocenters. The number of aryl methyl sites for hydroxylation is 2. The SMILES string of the molecule is Cc1cc(C)c(CCN)c(F)c1. The molecule has 66 valence electrons. The van der Waals surface area contributed by atoms with E-state index >= 15 is 0 Å². The summed E-state index contributed by atoms with van der Waals surface area (Å²) < 4.78 is 13.2. The van der Waals surface area contributed by atoms with Crippen LogP contribution in [0.2, 0.25) is 0 Å². The smallest absolute Gasteiger partial charge is 0.126 e. The molecule has 1 rings (SSSR count). The number of hydrogen-bond acceptors (Lipinski definition) is 1. The predicted octanol–water partition coefficient (Wildman–Crippen LogP) is 1.94. The molecule has 12 heavy (non-hydrogen) atoms. The van der Waals surface area contributed by atoms with Gasteiger partial charge in [-0.1, -0.05) is 6.07 Å². The van der Waals surface area contributed by atoms with Gasteiger partial charge in [-0.2, -0.15) is 0 Å². The minimum atomic E-state index is -0.127. The molecule has 0 saturated carbocycles. The molecule has 0 aromatic heterocycles. The molecule has 0 fully saturated rings. The van der Waals surface area contributed by atoms with Gasteiger partial charge in [0.05, 0.1) is 0 Å². The molecule has 0 saturated heterocycles. The molecule has 0 aliphatic carbocycles. The second kappa shape index (κ2) is 3.68. The predicted molar refractivity (Wildman–Crippen MR) is 48.6 cm³/mol. The van der Waals surface area contributed by atoms with Gasteiger partial charge >= 0.3 is 0 Å². The molecule has 2 N–H and O–H groups in total. The van der Waals surface area contributed by atoms with Gasteiger partial charge in [-0.3, -0.25) is 0 Å². The zero-order valence-corrected chi connectivity index (χ0v) is 7.52. The summed E-state index contributed by atoms with van der Waals surface area (Å²) in [4.78, 5) is 0. The van der Waals surface area contributed by atoms with Crippen molar-refractivity contribution in [2.45, 2.75) is 20.3 Å². The lowest BCUT2D eigenvalue weighted by molar-refractivity contribution is 0.606. The summed E-state index contributed by atoms with van der Waals surface area (Å²) in [5.74, 6) is -0.127. The van der Waals surface area contributed by atoms with Crippen molar-refractivity contribution in [2.75, 3.05) is 6.54 Å². The molecular weight excluding hydrogens is 153 g/mol. The van der Waals surface area contributed by atoms with Gasteiger partial charge in [0.25, 0.3) is 0 Å². The van der Waals surface area contributed by atoms with Gasteiger partial charge in [0.1, 0.15) is 5.82 Å². The van der Waals surface area contributed by atoms with Crippen LogP contribution in [-0.2, 0) is 6.42 Å². The highest BCUT2D eigenvalue weighted by Crippen LogP contribution is 2.15. The third-order valence-corrected chi connectivity index (χ3v) is 1.96. The molecular formula is C10H14FN. The third kappa shape index (κ3) is 1.83. The summed E-state index contributed by atoms with van der Waals surface area (Å²) in [6.45, 7) is 4.31. The second-order valence-corrected chi connectivity index (χ2v) is 3.08. The van der Waals surface area contributed by atoms with Crippen molar-refractivity contribution in [3.05, 3.63) is 34.6 Å². The third-order valence-electron chi connectivity index (χ3n) is 1.96. The van der Waals surface area contributed by atoms with Gasteiger partial charge in [0.15, 0.2) is 0 Å². The zero-order valence-electron chi connectivity index (χ0n) is 7.52. The van der Waals surface area contributed by atoms with Crippen molar-refractivity contribution in [3.63, 3.8) is 0 Å². The fourth-order valence-electron chi connectivity index (χ4n) is 1.41. The lowest BCUT2D eigenvalue weighted by Gasteiger charge is -2.06. The van der Waals surface area contributed by atoms with Crippen molar-refractivity contribution in [3.8, 4) is 0 Å². The Morgan fingerprint density at radius 1 is 1.33 bits per heavy atom. The number of nitrogens with two attached hydrogens (primary N) is 1. The second-order valence-electron chi connectivity index (χ2n) is 3.08. The Morgan fingerprint density at radius 2 is 2.00 bits per heavy atom. The summed E-state index contributed by atoms with van der Waals surface area (Å²) in [6, 6.07) is 3.53. The van der Waals surface area contributed by atoms with Crippen LogP contribution in [0.5, 0.6) is 0 Å². The van der Waals surface area contributed by atoms with Crippen LogP contribution in [-0.4, -0.2) is 6.54 Å². The molecule has 0 bridgehead atoms. The topological polar surface area (TPSA) is 26.0 Å². The molecule has 0 spiro atoms. The molecule has 0 aliphatic heterocycles. The van der Waals surface area contributed by atoms with Gasteiger partial charge in [-0.25, -0.2) is 4.39 Å². The highest BCUT2D eigenvalue weighted by molar-refractivity contribution is 5.32. The monoisotopic (exact) mass is 167 g/mol. The first-order chi connectivity index (χ1) is 5.65. The molecule has 1 nitrogen and oxygen atoms in total. The van der Waals surface area contributed by atoms with Crippen LogP contribution in [0.15, 0.2) is 12.1 Å². The summed E-state index contributed by atoms with van der Waals surface area (Å²) in [7, 11) is 0. The van der Waals surface area contributed by atoms with E-state index in [-0.39, 0.29) is 5.82 Å². The van der Waals surface area contributed by atoms with Crippen molar-refractivity contribution in [1.29, 1.82) is 0 Å². The molecule has 0 aliphatic rings. The maximum absolute atomic E-state index is 13.2. The van der Waals surface area contributed by atoms with E-state index in [0.717, 1.165) is 16.7 Å².